The monoisotopic (exact) mass is 256 g/mol. The zero-order valence-corrected chi connectivity index (χ0v) is 11.4. The van der Waals surface area contributed by atoms with Crippen LogP contribution < -0.4 is 0 Å². The number of imidazole rings is 1. The van der Waals surface area contributed by atoms with Gasteiger partial charge >= 0.3 is 0 Å². The summed E-state index contributed by atoms with van der Waals surface area (Å²) in [6.07, 6.45) is 6.88. The van der Waals surface area contributed by atoms with Crippen LogP contribution in [0.1, 0.15) is 31.1 Å². The van der Waals surface area contributed by atoms with Crippen molar-refractivity contribution in [2.24, 2.45) is 5.92 Å². The molecule has 19 heavy (non-hydrogen) atoms. The highest BCUT2D eigenvalue weighted by Gasteiger charge is 2.30. The van der Waals surface area contributed by atoms with E-state index >= 15 is 0 Å². The Hall–Kier alpha value is -1.42. The number of fused-ring (bicyclic) bond motifs is 1. The van der Waals surface area contributed by atoms with Gasteiger partial charge in [-0.15, -0.1) is 0 Å². The van der Waals surface area contributed by atoms with Crippen molar-refractivity contribution in [3.8, 4) is 0 Å². The lowest BCUT2D eigenvalue weighted by molar-refractivity contribution is 0.391. The zero-order chi connectivity index (χ0) is 12.8. The standard InChI is InChI=1S/C15H20N4/c1-18-8-6-11(10-18)9-14-17-13-3-2-7-16-15(13)19(14)12-4-5-12/h2-3,7,11-12H,4-6,8-10H2,1H3. The van der Waals surface area contributed by atoms with E-state index in [0.717, 1.165) is 23.5 Å². The first-order valence-corrected chi connectivity index (χ1v) is 7.31. The second-order valence-electron chi connectivity index (χ2n) is 6.10. The van der Waals surface area contributed by atoms with E-state index in [1.54, 1.807) is 0 Å². The molecule has 1 unspecified atom stereocenters. The Kier molecular flexibility index (Phi) is 2.58. The van der Waals surface area contributed by atoms with Gasteiger partial charge in [0.2, 0.25) is 0 Å². The van der Waals surface area contributed by atoms with Crippen molar-refractivity contribution >= 4 is 11.2 Å². The summed E-state index contributed by atoms with van der Waals surface area (Å²) in [4.78, 5) is 11.8. The molecule has 1 aliphatic heterocycles. The van der Waals surface area contributed by atoms with Crippen LogP contribution in [0.25, 0.3) is 11.2 Å². The lowest BCUT2D eigenvalue weighted by Gasteiger charge is -2.12. The highest BCUT2D eigenvalue weighted by Crippen LogP contribution is 2.38. The quantitative estimate of drug-likeness (QED) is 0.844. The molecular formula is C15H20N4. The molecule has 0 N–H and O–H groups in total. The first-order valence-electron chi connectivity index (χ1n) is 7.31. The van der Waals surface area contributed by atoms with Gasteiger partial charge in [0.15, 0.2) is 5.65 Å². The van der Waals surface area contributed by atoms with Crippen molar-refractivity contribution in [3.63, 3.8) is 0 Å². The summed E-state index contributed by atoms with van der Waals surface area (Å²) in [6.45, 7) is 2.44. The van der Waals surface area contributed by atoms with Gasteiger partial charge in [0.1, 0.15) is 11.3 Å². The molecule has 4 heteroatoms. The van der Waals surface area contributed by atoms with Crippen LogP contribution in [0.5, 0.6) is 0 Å². The van der Waals surface area contributed by atoms with Gasteiger partial charge in [0.25, 0.3) is 0 Å². The van der Waals surface area contributed by atoms with Gasteiger partial charge in [-0.2, -0.15) is 0 Å². The number of aromatic nitrogens is 3. The van der Waals surface area contributed by atoms with Crippen molar-refractivity contribution < 1.29 is 0 Å². The molecule has 4 rings (SSSR count). The summed E-state index contributed by atoms with van der Waals surface area (Å²) in [5, 5.41) is 0. The second-order valence-corrected chi connectivity index (χ2v) is 6.10. The summed E-state index contributed by atoms with van der Waals surface area (Å²) in [5.41, 5.74) is 2.15. The smallest absolute Gasteiger partial charge is 0.160 e. The van der Waals surface area contributed by atoms with Crippen LogP contribution >= 0.6 is 0 Å². The van der Waals surface area contributed by atoms with Gasteiger partial charge in [0, 0.05) is 25.2 Å². The van der Waals surface area contributed by atoms with E-state index in [-0.39, 0.29) is 0 Å². The minimum Gasteiger partial charge on any atom is -0.310 e. The number of likely N-dealkylation sites (tertiary alicyclic amines) is 1. The summed E-state index contributed by atoms with van der Waals surface area (Å²) in [7, 11) is 2.21. The predicted octanol–water partition coefficient (Wildman–Crippen LogP) is 2.26. The second kappa shape index (κ2) is 4.30. The lowest BCUT2D eigenvalue weighted by Crippen LogP contribution is -2.16. The summed E-state index contributed by atoms with van der Waals surface area (Å²) in [6, 6.07) is 4.74. The molecule has 0 spiro atoms. The van der Waals surface area contributed by atoms with Crippen molar-refractivity contribution in [2.75, 3.05) is 20.1 Å². The maximum atomic E-state index is 4.84. The molecule has 1 aliphatic carbocycles. The third-order valence-electron chi connectivity index (χ3n) is 4.39. The first kappa shape index (κ1) is 11.4. The fourth-order valence-electron chi connectivity index (χ4n) is 3.29. The van der Waals surface area contributed by atoms with E-state index in [9.17, 15) is 0 Å². The van der Waals surface area contributed by atoms with Crippen LogP contribution in [0, 0.1) is 5.92 Å². The topological polar surface area (TPSA) is 34.0 Å². The van der Waals surface area contributed by atoms with Crippen LogP contribution in [-0.2, 0) is 6.42 Å². The molecule has 1 atom stereocenters. The largest absolute Gasteiger partial charge is 0.310 e. The molecule has 2 aromatic rings. The van der Waals surface area contributed by atoms with Crippen LogP contribution in [-0.4, -0.2) is 39.6 Å². The number of pyridine rings is 1. The Balaban J connectivity index is 1.70. The third-order valence-corrected chi connectivity index (χ3v) is 4.39. The van der Waals surface area contributed by atoms with Crippen molar-refractivity contribution in [1.29, 1.82) is 0 Å². The SMILES string of the molecule is CN1CCC(Cc2nc3cccnc3n2C2CC2)C1. The summed E-state index contributed by atoms with van der Waals surface area (Å²) >= 11 is 0. The van der Waals surface area contributed by atoms with Crippen LogP contribution in [0.3, 0.4) is 0 Å². The summed E-state index contributed by atoms with van der Waals surface area (Å²) < 4.78 is 2.41. The van der Waals surface area contributed by atoms with Crippen molar-refractivity contribution in [3.05, 3.63) is 24.2 Å². The van der Waals surface area contributed by atoms with Crippen LogP contribution in [0.15, 0.2) is 18.3 Å². The Morgan fingerprint density at radius 3 is 2.95 bits per heavy atom. The molecule has 100 valence electrons. The van der Waals surface area contributed by atoms with E-state index in [0.29, 0.717) is 6.04 Å². The maximum Gasteiger partial charge on any atom is 0.160 e. The minimum atomic E-state index is 0.661. The molecule has 3 heterocycles. The number of rotatable bonds is 3. The van der Waals surface area contributed by atoms with Crippen molar-refractivity contribution in [1.82, 2.24) is 19.4 Å². The molecule has 0 aromatic carbocycles. The molecule has 1 saturated carbocycles. The van der Waals surface area contributed by atoms with Gasteiger partial charge in [-0.25, -0.2) is 9.97 Å². The van der Waals surface area contributed by atoms with E-state index in [1.165, 1.54) is 38.2 Å². The Bertz CT molecular complexity index is 599. The van der Waals surface area contributed by atoms with Crippen LogP contribution in [0.2, 0.25) is 0 Å². The van der Waals surface area contributed by atoms with Gasteiger partial charge in [-0.1, -0.05) is 0 Å². The summed E-state index contributed by atoms with van der Waals surface area (Å²) in [5.74, 6) is 2.02. The fraction of sp³-hybridized carbons (Fsp3) is 0.600. The number of hydrogen-bond donors (Lipinski definition) is 0. The van der Waals surface area contributed by atoms with Gasteiger partial charge in [-0.3, -0.25) is 0 Å². The lowest BCUT2D eigenvalue weighted by atomic mass is 10.0. The highest BCUT2D eigenvalue weighted by atomic mass is 15.2. The van der Waals surface area contributed by atoms with Gasteiger partial charge in [0.05, 0.1) is 0 Å². The van der Waals surface area contributed by atoms with Gasteiger partial charge in [-0.05, 0) is 50.9 Å². The van der Waals surface area contributed by atoms with E-state index in [1.807, 2.05) is 12.3 Å². The minimum absolute atomic E-state index is 0.661. The van der Waals surface area contributed by atoms with E-state index in [2.05, 4.69) is 27.6 Å². The van der Waals surface area contributed by atoms with Gasteiger partial charge < -0.3 is 9.47 Å². The van der Waals surface area contributed by atoms with E-state index in [4.69, 9.17) is 4.98 Å². The zero-order valence-electron chi connectivity index (χ0n) is 11.4. The van der Waals surface area contributed by atoms with Crippen LogP contribution in [0.4, 0.5) is 0 Å². The normalized spacial score (nSPS) is 24.4. The number of hydrogen-bond acceptors (Lipinski definition) is 3. The molecule has 4 nitrogen and oxygen atoms in total. The molecular weight excluding hydrogens is 236 g/mol. The average molecular weight is 256 g/mol. The molecule has 2 aromatic heterocycles. The Morgan fingerprint density at radius 2 is 2.21 bits per heavy atom. The number of nitrogens with zero attached hydrogens (tertiary/aromatic N) is 4. The Morgan fingerprint density at radius 1 is 1.32 bits per heavy atom. The molecule has 1 saturated heterocycles. The fourth-order valence-corrected chi connectivity index (χ4v) is 3.29. The average Bonchev–Trinajstić information content (AvgIpc) is 3.06. The molecule has 0 amide bonds. The van der Waals surface area contributed by atoms with E-state index < -0.39 is 0 Å². The predicted molar refractivity (Wildman–Crippen MR) is 75.1 cm³/mol. The van der Waals surface area contributed by atoms with Crippen molar-refractivity contribution in [2.45, 2.75) is 31.7 Å². The third kappa shape index (κ3) is 2.04. The first-order chi connectivity index (χ1) is 9.31. The molecule has 0 radical (unpaired) electrons. The maximum absolute atomic E-state index is 4.84. The Labute approximate surface area is 113 Å². The highest BCUT2D eigenvalue weighted by molar-refractivity contribution is 5.71. The molecule has 2 fully saturated rings. The molecule has 0 bridgehead atoms. The molecule has 2 aliphatic rings.